The van der Waals surface area contributed by atoms with Crippen LogP contribution in [0.2, 0.25) is 0 Å². The van der Waals surface area contributed by atoms with E-state index in [0.717, 1.165) is 59.0 Å². The second-order valence-electron chi connectivity index (χ2n) is 7.69. The summed E-state index contributed by atoms with van der Waals surface area (Å²) < 4.78 is 10.7. The van der Waals surface area contributed by atoms with E-state index in [1.807, 2.05) is 61.7 Å². The van der Waals surface area contributed by atoms with E-state index in [-0.39, 0.29) is 5.91 Å². The number of amides is 1. The van der Waals surface area contributed by atoms with Crippen LogP contribution in [0.4, 0.5) is 10.7 Å². The lowest BCUT2D eigenvalue weighted by Gasteiger charge is -2.09. The topological polar surface area (TPSA) is 59.9 Å². The monoisotopic (exact) mass is 448 g/mol. The number of hydrogen-bond acceptors (Lipinski definition) is 5. The summed E-state index contributed by atoms with van der Waals surface area (Å²) >= 11 is 1.65. The zero-order valence-corrected chi connectivity index (χ0v) is 19.3. The number of rotatable bonds is 7. The first kappa shape index (κ1) is 22.1. The van der Waals surface area contributed by atoms with Crippen molar-refractivity contribution in [1.29, 1.82) is 0 Å². The Hall–Kier alpha value is -3.12. The van der Waals surface area contributed by atoms with Crippen molar-refractivity contribution in [1.82, 2.24) is 0 Å². The molecule has 3 aromatic rings. The Balaban J connectivity index is 1.62. The molecule has 1 heterocycles. The maximum atomic E-state index is 13.4. The molecular formula is C26H28N2O3S. The molecule has 1 aliphatic rings. The second kappa shape index (κ2) is 10.5. The maximum Gasteiger partial charge on any atom is 0.259 e. The summed E-state index contributed by atoms with van der Waals surface area (Å²) in [7, 11) is 1.65. The van der Waals surface area contributed by atoms with Crippen LogP contribution in [0.5, 0.6) is 11.5 Å². The van der Waals surface area contributed by atoms with E-state index in [2.05, 4.69) is 5.32 Å². The van der Waals surface area contributed by atoms with Crippen LogP contribution in [-0.2, 0) is 12.8 Å². The lowest BCUT2D eigenvalue weighted by atomic mass is 10.0. The third-order valence-corrected chi connectivity index (χ3v) is 6.70. The fraction of sp³-hybridized carbons (Fsp3) is 0.308. The zero-order chi connectivity index (χ0) is 22.3. The molecule has 0 atom stereocenters. The summed E-state index contributed by atoms with van der Waals surface area (Å²) in [5.74, 6) is 1.50. The van der Waals surface area contributed by atoms with Gasteiger partial charge in [0.25, 0.3) is 5.91 Å². The average molecular weight is 449 g/mol. The Labute approximate surface area is 193 Å². The highest BCUT2D eigenvalue weighted by molar-refractivity contribution is 7.16. The van der Waals surface area contributed by atoms with E-state index < -0.39 is 0 Å². The minimum absolute atomic E-state index is 0.101. The fourth-order valence-electron chi connectivity index (χ4n) is 3.87. The van der Waals surface area contributed by atoms with Crippen molar-refractivity contribution >= 4 is 34.1 Å². The molecule has 4 rings (SSSR count). The predicted molar refractivity (Wildman–Crippen MR) is 131 cm³/mol. The number of carbonyl (C=O) groups is 1. The highest BCUT2D eigenvalue weighted by atomic mass is 32.1. The second-order valence-corrected chi connectivity index (χ2v) is 8.77. The van der Waals surface area contributed by atoms with Crippen LogP contribution in [0.1, 0.15) is 52.5 Å². The lowest BCUT2D eigenvalue weighted by molar-refractivity contribution is 0.102. The van der Waals surface area contributed by atoms with E-state index in [0.29, 0.717) is 12.2 Å². The summed E-state index contributed by atoms with van der Waals surface area (Å²) in [6, 6.07) is 15.2. The van der Waals surface area contributed by atoms with Crippen molar-refractivity contribution in [3.63, 3.8) is 0 Å². The minimum Gasteiger partial charge on any atom is -0.497 e. The third-order valence-electron chi connectivity index (χ3n) is 5.50. The van der Waals surface area contributed by atoms with Gasteiger partial charge in [0.2, 0.25) is 0 Å². The quantitative estimate of drug-likeness (QED) is 0.335. The van der Waals surface area contributed by atoms with Gasteiger partial charge in [0.15, 0.2) is 0 Å². The summed E-state index contributed by atoms with van der Waals surface area (Å²) in [5, 5.41) is 3.83. The molecule has 6 heteroatoms. The van der Waals surface area contributed by atoms with E-state index in [1.165, 1.54) is 11.3 Å². The summed E-state index contributed by atoms with van der Waals surface area (Å²) in [6.07, 6.45) is 7.23. The summed E-state index contributed by atoms with van der Waals surface area (Å²) in [6.45, 7) is 2.56. The SMILES string of the molecule is CCOc1ccc(NC(=O)c2c(N=Cc3ccc(OC)cc3)sc3c2CCCCC3)cc1. The van der Waals surface area contributed by atoms with Gasteiger partial charge in [0.05, 0.1) is 19.3 Å². The molecule has 1 amide bonds. The van der Waals surface area contributed by atoms with Crippen molar-refractivity contribution in [3.8, 4) is 11.5 Å². The van der Waals surface area contributed by atoms with Crippen molar-refractivity contribution in [2.45, 2.75) is 39.0 Å². The van der Waals surface area contributed by atoms with E-state index in [1.54, 1.807) is 18.4 Å². The van der Waals surface area contributed by atoms with Crippen LogP contribution >= 0.6 is 11.3 Å². The Morgan fingerprint density at radius 3 is 2.47 bits per heavy atom. The van der Waals surface area contributed by atoms with Gasteiger partial charge in [-0.3, -0.25) is 4.79 Å². The van der Waals surface area contributed by atoms with Crippen molar-refractivity contribution < 1.29 is 14.3 Å². The minimum atomic E-state index is -0.101. The molecule has 0 saturated carbocycles. The van der Waals surface area contributed by atoms with Gasteiger partial charge in [0, 0.05) is 16.8 Å². The molecule has 1 aliphatic carbocycles. The highest BCUT2D eigenvalue weighted by Crippen LogP contribution is 2.39. The van der Waals surface area contributed by atoms with E-state index in [4.69, 9.17) is 14.5 Å². The number of benzene rings is 2. The number of carbonyl (C=O) groups excluding carboxylic acids is 1. The Kier molecular flexibility index (Phi) is 7.22. The predicted octanol–water partition coefficient (Wildman–Crippen LogP) is 6.43. The van der Waals surface area contributed by atoms with Crippen LogP contribution in [0.3, 0.4) is 0 Å². The number of fused-ring (bicyclic) bond motifs is 1. The molecule has 2 aromatic carbocycles. The van der Waals surface area contributed by atoms with Gasteiger partial charge in [-0.15, -0.1) is 11.3 Å². The molecule has 32 heavy (non-hydrogen) atoms. The fourth-order valence-corrected chi connectivity index (χ4v) is 5.10. The van der Waals surface area contributed by atoms with Crippen LogP contribution < -0.4 is 14.8 Å². The number of aryl methyl sites for hydroxylation is 1. The molecule has 5 nitrogen and oxygen atoms in total. The lowest BCUT2D eigenvalue weighted by Crippen LogP contribution is -2.13. The number of nitrogens with zero attached hydrogens (tertiary/aromatic N) is 1. The van der Waals surface area contributed by atoms with Gasteiger partial charge in [-0.05, 0) is 92.3 Å². The summed E-state index contributed by atoms with van der Waals surface area (Å²) in [4.78, 5) is 19.4. The number of anilines is 1. The number of hydrogen-bond donors (Lipinski definition) is 1. The molecule has 0 unspecified atom stereocenters. The number of methoxy groups -OCH3 is 1. The zero-order valence-electron chi connectivity index (χ0n) is 18.5. The molecule has 0 radical (unpaired) electrons. The first-order chi connectivity index (χ1) is 15.7. The first-order valence-corrected chi connectivity index (χ1v) is 11.9. The molecule has 0 saturated heterocycles. The van der Waals surface area contributed by atoms with E-state index in [9.17, 15) is 4.79 Å². The number of aliphatic imine (C=N–C) groups is 1. The Bertz CT molecular complexity index is 1090. The molecule has 0 aliphatic heterocycles. The number of thiophene rings is 1. The van der Waals surface area contributed by atoms with Crippen LogP contribution in [-0.4, -0.2) is 25.8 Å². The Morgan fingerprint density at radius 1 is 1.03 bits per heavy atom. The van der Waals surface area contributed by atoms with Crippen LogP contribution in [0.25, 0.3) is 0 Å². The molecule has 0 bridgehead atoms. The van der Waals surface area contributed by atoms with Gasteiger partial charge in [-0.2, -0.15) is 0 Å². The number of nitrogens with one attached hydrogen (secondary N) is 1. The normalized spacial score (nSPS) is 13.4. The highest BCUT2D eigenvalue weighted by Gasteiger charge is 2.24. The van der Waals surface area contributed by atoms with Crippen molar-refractivity contribution in [2.75, 3.05) is 19.0 Å². The van der Waals surface area contributed by atoms with Gasteiger partial charge in [-0.1, -0.05) is 6.42 Å². The average Bonchev–Trinajstić information content (AvgIpc) is 3.00. The molecule has 1 N–H and O–H groups in total. The third kappa shape index (κ3) is 5.19. The van der Waals surface area contributed by atoms with Gasteiger partial charge in [-0.25, -0.2) is 4.99 Å². The molecular weight excluding hydrogens is 420 g/mol. The smallest absolute Gasteiger partial charge is 0.259 e. The molecule has 0 fully saturated rings. The van der Waals surface area contributed by atoms with Crippen molar-refractivity contribution in [3.05, 3.63) is 70.1 Å². The van der Waals surface area contributed by atoms with E-state index >= 15 is 0 Å². The molecule has 1 aromatic heterocycles. The van der Waals surface area contributed by atoms with Gasteiger partial charge in [0.1, 0.15) is 16.5 Å². The summed E-state index contributed by atoms with van der Waals surface area (Å²) in [5.41, 5.74) is 3.59. The number of ether oxygens (including phenoxy) is 2. The van der Waals surface area contributed by atoms with Crippen LogP contribution in [0, 0.1) is 0 Å². The van der Waals surface area contributed by atoms with Crippen LogP contribution in [0.15, 0.2) is 53.5 Å². The largest absolute Gasteiger partial charge is 0.497 e. The Morgan fingerprint density at radius 2 is 1.75 bits per heavy atom. The van der Waals surface area contributed by atoms with Gasteiger partial charge < -0.3 is 14.8 Å². The maximum absolute atomic E-state index is 13.4. The standard InChI is InChI=1S/C26H28N2O3S/c1-3-31-21-15-11-19(12-16-21)28-25(29)24-22-7-5-4-6-8-23(22)32-26(24)27-17-18-9-13-20(30-2)14-10-18/h9-17H,3-8H2,1-2H3,(H,28,29). The first-order valence-electron chi connectivity index (χ1n) is 11.0. The molecule has 166 valence electrons. The van der Waals surface area contributed by atoms with Gasteiger partial charge >= 0.3 is 0 Å². The van der Waals surface area contributed by atoms with Crippen molar-refractivity contribution in [2.24, 2.45) is 4.99 Å². The molecule has 0 spiro atoms.